The molecule has 67 heavy (non-hydrogen) atoms. The van der Waals surface area contributed by atoms with Crippen LogP contribution < -0.4 is 16.1 Å². The van der Waals surface area contributed by atoms with Crippen molar-refractivity contribution in [3.05, 3.63) is 100 Å². The van der Waals surface area contributed by atoms with E-state index in [1.807, 2.05) is 49.7 Å². The van der Waals surface area contributed by atoms with Crippen molar-refractivity contribution in [2.75, 3.05) is 40.4 Å². The highest BCUT2D eigenvalue weighted by Gasteiger charge is 2.37. The fourth-order valence-electron chi connectivity index (χ4n) is 9.37. The second kappa shape index (κ2) is 22.3. The van der Waals surface area contributed by atoms with Crippen molar-refractivity contribution in [3.63, 3.8) is 0 Å². The van der Waals surface area contributed by atoms with Gasteiger partial charge in [-0.15, -0.1) is 11.3 Å². The summed E-state index contributed by atoms with van der Waals surface area (Å²) in [5.74, 6) is -1.72. The standard InChI is InChI=1S/C52H66N8O6S/c1-8-59-45-17-16-37-28-40(45)41(48(59)42-30-53-21-18-38(42)31-65-7)29-52(4,5)32-66-51(64)43-15-10-24-60(57-43)50(63)44(27-35-12-9-13-36(37)26-35)56-49(62)47(34(2)3)58(6)46(61)20-23-55-33-54-22-19-39-14-11-25-67-39/h9,11-14,16-18,21,25-26,28,30,33-34,43-44,47,57H,8,10,15,19-20,22-24,27,29,31-32H2,1-7H3,(H,54,55)(H,56,62)/t43-,44-,47-/m0/s1. The number of thiophene rings is 1. The largest absolute Gasteiger partial charge is 0.464 e. The van der Waals surface area contributed by atoms with Gasteiger partial charge in [0.05, 0.1) is 25.2 Å². The second-order valence-electron chi connectivity index (χ2n) is 18.8. The van der Waals surface area contributed by atoms with Crippen LogP contribution in [0.2, 0.25) is 0 Å². The second-order valence-corrected chi connectivity index (χ2v) is 19.8. The molecule has 2 aromatic carbocycles. The lowest BCUT2D eigenvalue weighted by Crippen LogP contribution is -2.62. The first kappa shape index (κ1) is 49.0. The molecule has 15 heteroatoms. The number of hydrogen-bond acceptors (Lipinski definition) is 10. The minimum Gasteiger partial charge on any atom is -0.464 e. The van der Waals surface area contributed by atoms with Crippen LogP contribution in [-0.4, -0.2) is 108 Å². The Hall–Kier alpha value is -5.90. The Bertz CT molecular complexity index is 2550. The first-order valence-corrected chi connectivity index (χ1v) is 24.4. The van der Waals surface area contributed by atoms with Gasteiger partial charge in [-0.1, -0.05) is 64.1 Å². The number of cyclic esters (lactones) is 1. The summed E-state index contributed by atoms with van der Waals surface area (Å²) in [6.45, 7) is 12.8. The number of aromatic nitrogens is 2. The number of fused-ring (bicyclic) bond motifs is 6. The van der Waals surface area contributed by atoms with Gasteiger partial charge in [0.15, 0.2) is 0 Å². The molecule has 0 saturated carbocycles. The van der Waals surface area contributed by atoms with Gasteiger partial charge in [-0.3, -0.25) is 34.2 Å². The number of benzene rings is 2. The lowest BCUT2D eigenvalue weighted by Gasteiger charge is -2.36. The first-order valence-electron chi connectivity index (χ1n) is 23.5. The fraction of sp³-hybridized carbons (Fsp3) is 0.462. The molecule has 6 bridgehead atoms. The molecular formula is C52H66N8O6S. The molecule has 0 spiro atoms. The van der Waals surface area contributed by atoms with E-state index in [-0.39, 0.29) is 37.2 Å². The molecule has 5 heterocycles. The van der Waals surface area contributed by atoms with E-state index in [2.05, 4.69) is 87.8 Å². The number of aliphatic imine (C=N–C) groups is 1. The van der Waals surface area contributed by atoms with E-state index in [1.54, 1.807) is 38.0 Å². The highest BCUT2D eigenvalue weighted by molar-refractivity contribution is 7.09. The fourth-order valence-corrected chi connectivity index (χ4v) is 10.1. The van der Waals surface area contributed by atoms with Crippen LogP contribution >= 0.6 is 11.3 Å². The Kier molecular flexibility index (Phi) is 16.3. The quantitative estimate of drug-likeness (QED) is 0.0436. The van der Waals surface area contributed by atoms with Crippen molar-refractivity contribution in [2.45, 2.75) is 104 Å². The molecule has 3 N–H and O–H groups in total. The molecule has 0 unspecified atom stereocenters. The molecule has 14 nitrogen and oxygen atoms in total. The number of hydrazine groups is 1. The van der Waals surface area contributed by atoms with Gasteiger partial charge in [0.25, 0.3) is 5.91 Å². The molecule has 1 fully saturated rings. The molecule has 3 atom stereocenters. The molecule has 2 aliphatic heterocycles. The van der Waals surface area contributed by atoms with Crippen molar-refractivity contribution in [1.29, 1.82) is 0 Å². The summed E-state index contributed by atoms with van der Waals surface area (Å²) in [5.41, 5.74) is 10.8. The third-order valence-electron chi connectivity index (χ3n) is 12.7. The number of carbonyl (C=O) groups excluding carboxylic acids is 4. The molecule has 356 valence electrons. The lowest BCUT2D eigenvalue weighted by atomic mass is 9.84. The van der Waals surface area contributed by atoms with E-state index in [0.717, 1.165) is 56.4 Å². The number of methoxy groups -OCH3 is 1. The molecule has 3 aromatic heterocycles. The Morgan fingerprint density at radius 2 is 1.94 bits per heavy atom. The first-order chi connectivity index (χ1) is 32.3. The van der Waals surface area contributed by atoms with Crippen LogP contribution in [-0.2, 0) is 61.1 Å². The maximum Gasteiger partial charge on any atom is 0.324 e. The Morgan fingerprint density at radius 3 is 2.70 bits per heavy atom. The Morgan fingerprint density at radius 1 is 1.12 bits per heavy atom. The van der Waals surface area contributed by atoms with E-state index in [9.17, 15) is 19.2 Å². The van der Waals surface area contributed by atoms with E-state index >= 15 is 0 Å². The van der Waals surface area contributed by atoms with Crippen LogP contribution in [0, 0.1) is 11.3 Å². The highest BCUT2D eigenvalue weighted by Crippen LogP contribution is 2.41. The maximum absolute atomic E-state index is 14.7. The predicted octanol–water partition coefficient (Wildman–Crippen LogP) is 6.98. The number of esters is 1. The summed E-state index contributed by atoms with van der Waals surface area (Å²) in [5, 5.41) is 10.8. The van der Waals surface area contributed by atoms with Gasteiger partial charge in [-0.2, -0.15) is 0 Å². The Balaban J connectivity index is 1.20. The molecule has 1 saturated heterocycles. The predicted molar refractivity (Wildman–Crippen MR) is 264 cm³/mol. The van der Waals surface area contributed by atoms with Crippen LogP contribution in [0.4, 0.5) is 0 Å². The number of amides is 3. The van der Waals surface area contributed by atoms with E-state index in [0.29, 0.717) is 52.0 Å². The van der Waals surface area contributed by atoms with Crippen LogP contribution in [0.1, 0.15) is 75.4 Å². The van der Waals surface area contributed by atoms with Gasteiger partial charge in [-0.05, 0) is 89.6 Å². The summed E-state index contributed by atoms with van der Waals surface area (Å²) in [6, 6.07) is 18.1. The van der Waals surface area contributed by atoms with Crippen LogP contribution in [0.25, 0.3) is 33.3 Å². The number of nitrogens with zero attached hydrogens (tertiary/aromatic N) is 5. The summed E-state index contributed by atoms with van der Waals surface area (Å²) in [7, 11) is 3.33. The molecule has 5 aromatic rings. The van der Waals surface area contributed by atoms with E-state index in [1.165, 1.54) is 14.8 Å². The van der Waals surface area contributed by atoms with Crippen molar-refractivity contribution >= 4 is 52.3 Å². The molecule has 0 radical (unpaired) electrons. The van der Waals surface area contributed by atoms with Crippen molar-refractivity contribution < 1.29 is 28.7 Å². The summed E-state index contributed by atoms with van der Waals surface area (Å²) < 4.78 is 14.1. The number of hydrogen-bond donors (Lipinski definition) is 3. The smallest absolute Gasteiger partial charge is 0.324 e. The van der Waals surface area contributed by atoms with Crippen molar-refractivity contribution in [1.82, 2.24) is 35.5 Å². The summed E-state index contributed by atoms with van der Waals surface area (Å²) >= 11 is 1.70. The third-order valence-corrected chi connectivity index (χ3v) is 13.6. The van der Waals surface area contributed by atoms with Gasteiger partial charge in [0.2, 0.25) is 11.8 Å². The monoisotopic (exact) mass is 930 g/mol. The zero-order valence-electron chi connectivity index (χ0n) is 40.0. The molecule has 7 rings (SSSR count). The summed E-state index contributed by atoms with van der Waals surface area (Å²) in [4.78, 5) is 68.3. The van der Waals surface area contributed by atoms with Gasteiger partial charge >= 0.3 is 5.97 Å². The Labute approximate surface area is 398 Å². The third kappa shape index (κ3) is 11.8. The van der Waals surface area contributed by atoms with Crippen molar-refractivity contribution in [3.8, 4) is 22.4 Å². The zero-order valence-corrected chi connectivity index (χ0v) is 40.8. The topological polar surface area (TPSA) is 159 Å². The average Bonchev–Trinajstić information content (AvgIpc) is 3.95. The number of rotatable bonds is 15. The van der Waals surface area contributed by atoms with Gasteiger partial charge in [-0.25, -0.2) is 5.43 Å². The van der Waals surface area contributed by atoms with Crippen molar-refractivity contribution in [2.24, 2.45) is 16.3 Å². The van der Waals surface area contributed by atoms with E-state index < -0.39 is 35.4 Å². The normalized spacial score (nSPS) is 18.2. The molecular weight excluding hydrogens is 865 g/mol. The zero-order chi connectivity index (χ0) is 47.7. The average molecular weight is 931 g/mol. The SMILES string of the molecule is CCn1c(-c2cnccc2COC)c2c3cc(ccc31)-c1cccc(c1)C[C@H](NC(=O)[C@H](C(C)C)N(C)C(=O)CCNC=NCCc1cccs1)C(=O)N1CCC[C@H](N1)C(=O)OCC(C)(C)C2. The number of aryl methyl sites for hydroxylation is 1. The van der Waals surface area contributed by atoms with Crippen LogP contribution in [0.3, 0.4) is 0 Å². The van der Waals surface area contributed by atoms with E-state index in [4.69, 9.17) is 9.47 Å². The number of nitrogens with one attached hydrogen (secondary N) is 3. The van der Waals surface area contributed by atoms with Gasteiger partial charge in [0, 0.05) is 98.8 Å². The van der Waals surface area contributed by atoms with Crippen LogP contribution in [0.15, 0.2) is 83.4 Å². The number of pyridine rings is 1. The molecule has 0 aliphatic carbocycles. The minimum absolute atomic E-state index is 0.150. The summed E-state index contributed by atoms with van der Waals surface area (Å²) in [6.07, 6.45) is 8.17. The van der Waals surface area contributed by atoms with Crippen LogP contribution in [0.5, 0.6) is 0 Å². The molecule has 2 aliphatic rings. The maximum atomic E-state index is 14.7. The van der Waals surface area contributed by atoms with Gasteiger partial charge < -0.3 is 29.6 Å². The highest BCUT2D eigenvalue weighted by atomic mass is 32.1. The minimum atomic E-state index is -1.02. The number of likely N-dealkylation sites (N-methyl/N-ethyl adjacent to an activating group) is 1. The number of ether oxygens (including phenoxy) is 2. The number of carbonyl (C=O) groups is 4. The lowest BCUT2D eigenvalue weighted by molar-refractivity contribution is -0.155. The molecule has 3 amide bonds. The van der Waals surface area contributed by atoms with Gasteiger partial charge in [0.1, 0.15) is 18.1 Å².